The largest absolute Gasteiger partial charge is 0.379 e. The van der Waals surface area contributed by atoms with Gasteiger partial charge in [-0.3, -0.25) is 9.59 Å². The van der Waals surface area contributed by atoms with Crippen molar-refractivity contribution in [1.29, 1.82) is 0 Å². The number of benzene rings is 2. The molecule has 1 N–H and O–H groups in total. The zero-order valence-corrected chi connectivity index (χ0v) is 18.7. The van der Waals surface area contributed by atoms with Gasteiger partial charge >= 0.3 is 0 Å². The zero-order valence-electron chi connectivity index (χ0n) is 18.0. The van der Waals surface area contributed by atoms with Gasteiger partial charge < -0.3 is 10.1 Å². The molecule has 0 radical (unpaired) electrons. The van der Waals surface area contributed by atoms with Crippen molar-refractivity contribution in [3.63, 3.8) is 0 Å². The van der Waals surface area contributed by atoms with E-state index >= 15 is 0 Å². The summed E-state index contributed by atoms with van der Waals surface area (Å²) in [5, 5.41) is 3.77. The van der Waals surface area contributed by atoms with Crippen molar-refractivity contribution in [1.82, 2.24) is 5.32 Å². The van der Waals surface area contributed by atoms with Gasteiger partial charge in [0.1, 0.15) is 5.92 Å². The van der Waals surface area contributed by atoms with Crippen LogP contribution in [0.3, 0.4) is 0 Å². The molecular weight excluding hydrogens is 398 g/mol. The molecule has 1 spiro atoms. The van der Waals surface area contributed by atoms with E-state index in [0.29, 0.717) is 17.9 Å². The summed E-state index contributed by atoms with van der Waals surface area (Å²) < 4.78 is 5.63. The molecule has 1 saturated heterocycles. The van der Waals surface area contributed by atoms with Gasteiger partial charge in [0.05, 0.1) is 11.1 Å². The topological polar surface area (TPSA) is 55.4 Å². The Balaban J connectivity index is 1.72. The fraction of sp³-hybridized carbons (Fsp3) is 0.440. The molecule has 4 rings (SSSR count). The Morgan fingerprint density at radius 1 is 1.00 bits per heavy atom. The number of rotatable bonds is 3. The lowest BCUT2D eigenvalue weighted by molar-refractivity contribution is -0.127. The normalized spacial score (nSPS) is 28.8. The highest BCUT2D eigenvalue weighted by Crippen LogP contribution is 2.45. The molecule has 30 heavy (non-hydrogen) atoms. The van der Waals surface area contributed by atoms with Crippen molar-refractivity contribution in [2.24, 2.45) is 0 Å². The van der Waals surface area contributed by atoms with Crippen molar-refractivity contribution < 1.29 is 14.3 Å². The summed E-state index contributed by atoms with van der Waals surface area (Å²) in [4.78, 5) is 26.8. The molecule has 1 aliphatic carbocycles. The third-order valence-corrected chi connectivity index (χ3v) is 7.44. The number of hydrogen-bond donors (Lipinski definition) is 1. The van der Waals surface area contributed by atoms with Gasteiger partial charge in [-0.15, -0.1) is 0 Å². The molecule has 1 amide bonds. The second-order valence-electron chi connectivity index (χ2n) is 9.00. The monoisotopic (exact) mass is 425 g/mol. The van der Waals surface area contributed by atoms with Crippen molar-refractivity contribution in [2.75, 3.05) is 7.11 Å². The van der Waals surface area contributed by atoms with Crippen molar-refractivity contribution in [2.45, 2.75) is 63.5 Å². The number of Topliss-reactive ketones (excluding diaryl/α,β-unsaturated/α-hetero) is 1. The molecule has 0 bridgehead atoms. The summed E-state index contributed by atoms with van der Waals surface area (Å²) in [6.45, 7) is 6.05. The van der Waals surface area contributed by atoms with Crippen LogP contribution in [-0.2, 0) is 14.3 Å². The fourth-order valence-electron chi connectivity index (χ4n) is 5.06. The van der Waals surface area contributed by atoms with Crippen LogP contribution in [0.5, 0.6) is 0 Å². The predicted octanol–water partition coefficient (Wildman–Crippen LogP) is 5.12. The Hall–Kier alpha value is -2.17. The van der Waals surface area contributed by atoms with Crippen LogP contribution < -0.4 is 5.32 Å². The van der Waals surface area contributed by atoms with E-state index in [1.807, 2.05) is 44.2 Å². The summed E-state index contributed by atoms with van der Waals surface area (Å²) >= 11 is 6.04. The van der Waals surface area contributed by atoms with Gasteiger partial charge in [-0.1, -0.05) is 35.9 Å². The van der Waals surface area contributed by atoms with E-state index < -0.39 is 11.5 Å². The molecule has 4 nitrogen and oxygen atoms in total. The molecule has 2 aromatic rings. The summed E-state index contributed by atoms with van der Waals surface area (Å²) in [7, 11) is 1.71. The summed E-state index contributed by atoms with van der Waals surface area (Å²) in [5.74, 6) is -0.935. The summed E-state index contributed by atoms with van der Waals surface area (Å²) in [6, 6.07) is 11.7. The van der Waals surface area contributed by atoms with Crippen LogP contribution in [0.1, 0.15) is 55.2 Å². The molecule has 158 valence electrons. The maximum atomic E-state index is 13.6. The Labute approximate surface area is 183 Å². The molecule has 2 aromatic carbocycles. The minimum Gasteiger partial charge on any atom is -0.379 e. The third kappa shape index (κ3) is 3.36. The van der Waals surface area contributed by atoms with Crippen LogP contribution in [0, 0.1) is 13.8 Å². The Kier molecular flexibility index (Phi) is 5.27. The molecule has 5 heteroatoms. The first-order valence-electron chi connectivity index (χ1n) is 10.5. The van der Waals surface area contributed by atoms with E-state index in [1.54, 1.807) is 7.11 Å². The molecule has 2 aliphatic rings. The maximum absolute atomic E-state index is 13.6. The first-order chi connectivity index (χ1) is 14.2. The first kappa shape index (κ1) is 21.1. The van der Waals surface area contributed by atoms with Crippen LogP contribution in [0.4, 0.5) is 0 Å². The van der Waals surface area contributed by atoms with Crippen molar-refractivity contribution in [3.05, 3.63) is 58.1 Å². The lowest BCUT2D eigenvalue weighted by Gasteiger charge is -2.41. The molecule has 0 aromatic heterocycles. The van der Waals surface area contributed by atoms with Crippen LogP contribution in [0.15, 0.2) is 36.4 Å². The molecule has 1 atom stereocenters. The number of ketones is 1. The van der Waals surface area contributed by atoms with Gasteiger partial charge in [0.2, 0.25) is 5.91 Å². The fourth-order valence-corrected chi connectivity index (χ4v) is 5.18. The number of halogens is 1. The molecule has 1 aliphatic heterocycles. The summed E-state index contributed by atoms with van der Waals surface area (Å²) in [5.41, 5.74) is 3.82. The van der Waals surface area contributed by atoms with E-state index in [1.165, 1.54) is 0 Å². The van der Waals surface area contributed by atoms with Gasteiger partial charge in [-0.2, -0.15) is 0 Å². The number of aryl methyl sites for hydroxylation is 1. The molecule has 1 unspecified atom stereocenters. The molecular formula is C25H28ClNO3. The zero-order chi connectivity index (χ0) is 21.7. The number of carbonyl (C=O) groups excluding carboxylic acids is 2. The second-order valence-corrected chi connectivity index (χ2v) is 9.43. The third-order valence-electron chi connectivity index (χ3n) is 7.19. The first-order valence-corrected chi connectivity index (χ1v) is 10.8. The smallest absolute Gasteiger partial charge is 0.235 e. The predicted molar refractivity (Wildman–Crippen MR) is 119 cm³/mol. The number of methoxy groups -OCH3 is 1. The average Bonchev–Trinajstić information content (AvgIpc) is 2.96. The highest BCUT2D eigenvalue weighted by Gasteiger charge is 2.56. The van der Waals surface area contributed by atoms with E-state index in [0.717, 1.165) is 40.7 Å². The SMILES string of the molecule is COC1(C)CCC2(CC1)NC(=O)C(c1c(C)ccc(-c3ccc(Cl)cc3)c1C)C2=O. The van der Waals surface area contributed by atoms with Crippen molar-refractivity contribution in [3.8, 4) is 11.1 Å². The van der Waals surface area contributed by atoms with E-state index in [2.05, 4.69) is 18.3 Å². The number of amides is 1. The van der Waals surface area contributed by atoms with Gasteiger partial charge in [-0.25, -0.2) is 0 Å². The Morgan fingerprint density at radius 2 is 1.63 bits per heavy atom. The van der Waals surface area contributed by atoms with Gasteiger partial charge in [-0.05, 0) is 86.4 Å². The second kappa shape index (κ2) is 7.51. The number of ether oxygens (including phenoxy) is 1. The number of nitrogens with one attached hydrogen (secondary N) is 1. The lowest BCUT2D eigenvalue weighted by atomic mass is 9.71. The van der Waals surface area contributed by atoms with Gasteiger partial charge in [0.15, 0.2) is 5.78 Å². The van der Waals surface area contributed by atoms with E-state index in [4.69, 9.17) is 16.3 Å². The lowest BCUT2D eigenvalue weighted by Crippen LogP contribution is -2.52. The highest BCUT2D eigenvalue weighted by molar-refractivity contribution is 6.30. The number of carbonyl (C=O) groups is 2. The van der Waals surface area contributed by atoms with Gasteiger partial charge in [0, 0.05) is 12.1 Å². The van der Waals surface area contributed by atoms with Crippen molar-refractivity contribution >= 4 is 23.3 Å². The summed E-state index contributed by atoms with van der Waals surface area (Å²) in [6.07, 6.45) is 2.75. The Morgan fingerprint density at radius 3 is 2.23 bits per heavy atom. The van der Waals surface area contributed by atoms with Crippen LogP contribution in [0.25, 0.3) is 11.1 Å². The van der Waals surface area contributed by atoms with E-state index in [9.17, 15) is 9.59 Å². The Bertz CT molecular complexity index is 1000. The van der Waals surface area contributed by atoms with Gasteiger partial charge in [0.25, 0.3) is 0 Å². The van der Waals surface area contributed by atoms with E-state index in [-0.39, 0.29) is 17.3 Å². The maximum Gasteiger partial charge on any atom is 0.235 e. The van der Waals surface area contributed by atoms with Crippen LogP contribution >= 0.6 is 11.6 Å². The van der Waals surface area contributed by atoms with Crippen LogP contribution in [0.2, 0.25) is 5.02 Å². The quantitative estimate of drug-likeness (QED) is 0.694. The van der Waals surface area contributed by atoms with Crippen LogP contribution in [-0.4, -0.2) is 29.9 Å². The molecule has 1 saturated carbocycles. The highest BCUT2D eigenvalue weighted by atomic mass is 35.5. The average molecular weight is 426 g/mol. The number of hydrogen-bond acceptors (Lipinski definition) is 3. The molecule has 1 heterocycles. The molecule has 2 fully saturated rings. The standard InChI is InChI=1S/C25H28ClNO3/c1-15-5-10-19(17-6-8-18(26)9-7-17)16(2)20(15)21-22(28)25(27-23(21)29)13-11-24(3,30-4)12-14-25/h5-10,21H,11-14H2,1-4H3,(H,27,29). The minimum atomic E-state index is -0.769. The minimum absolute atomic E-state index is 0.00473.